The molecule has 3 rings (SSSR count). The summed E-state index contributed by atoms with van der Waals surface area (Å²) >= 11 is 1.71. The van der Waals surface area contributed by atoms with Crippen molar-refractivity contribution in [1.29, 1.82) is 0 Å². The molecular weight excluding hydrogens is 312 g/mol. The maximum atomic E-state index is 11.1. The topological polar surface area (TPSA) is 59.9 Å². The molecular formula is C17H28N2O3S. The molecule has 2 aliphatic heterocycles. The second-order valence-corrected chi connectivity index (χ2v) is 8.17. The first kappa shape index (κ1) is 17.1. The molecule has 1 N–H and O–H groups in total. The van der Waals surface area contributed by atoms with Crippen LogP contribution in [0, 0.1) is 11.8 Å². The average Bonchev–Trinajstić information content (AvgIpc) is 2.93. The summed E-state index contributed by atoms with van der Waals surface area (Å²) in [6.07, 6.45) is 6.45. The first-order valence-electron chi connectivity index (χ1n) is 8.84. The average molecular weight is 340 g/mol. The van der Waals surface area contributed by atoms with Crippen LogP contribution in [0.5, 0.6) is 0 Å². The molecule has 5 nitrogen and oxygen atoms in total. The van der Waals surface area contributed by atoms with Crippen LogP contribution in [0.2, 0.25) is 0 Å². The highest BCUT2D eigenvalue weighted by Crippen LogP contribution is 2.41. The Morgan fingerprint density at radius 3 is 2.74 bits per heavy atom. The molecule has 0 aromatic heterocycles. The van der Waals surface area contributed by atoms with Gasteiger partial charge in [0.15, 0.2) is 5.17 Å². The molecule has 130 valence electrons. The van der Waals surface area contributed by atoms with Gasteiger partial charge < -0.3 is 14.8 Å². The summed E-state index contributed by atoms with van der Waals surface area (Å²) in [4.78, 5) is 16.0. The van der Waals surface area contributed by atoms with Gasteiger partial charge in [0.2, 0.25) is 0 Å². The number of hydrogen-bond acceptors (Lipinski definition) is 6. The van der Waals surface area contributed by atoms with Crippen LogP contribution in [0.3, 0.4) is 0 Å². The lowest BCUT2D eigenvalue weighted by molar-refractivity contribution is -0.152. The van der Waals surface area contributed by atoms with Gasteiger partial charge in [0.25, 0.3) is 0 Å². The fourth-order valence-corrected chi connectivity index (χ4v) is 4.99. The number of thioether (sulfide) groups is 1. The fraction of sp³-hybridized carbons (Fsp3) is 0.882. The summed E-state index contributed by atoms with van der Waals surface area (Å²) < 4.78 is 11.4. The number of carbonyl (C=O) groups is 1. The Morgan fingerprint density at radius 1 is 1.30 bits per heavy atom. The van der Waals surface area contributed by atoms with Crippen LogP contribution >= 0.6 is 11.8 Å². The Labute approximate surface area is 143 Å². The van der Waals surface area contributed by atoms with Crippen molar-refractivity contribution >= 4 is 22.9 Å². The minimum atomic E-state index is -0.245. The van der Waals surface area contributed by atoms with Crippen LogP contribution in [0.25, 0.3) is 0 Å². The monoisotopic (exact) mass is 340 g/mol. The van der Waals surface area contributed by atoms with E-state index in [0.717, 1.165) is 5.17 Å². The van der Waals surface area contributed by atoms with Gasteiger partial charge in [-0.1, -0.05) is 44.9 Å². The Morgan fingerprint density at radius 2 is 2.04 bits per heavy atom. The molecule has 1 saturated carbocycles. The van der Waals surface area contributed by atoms with Crippen molar-refractivity contribution in [3.05, 3.63) is 0 Å². The lowest BCUT2D eigenvalue weighted by atomic mass is 9.83. The van der Waals surface area contributed by atoms with Crippen LogP contribution in [0.15, 0.2) is 4.99 Å². The zero-order valence-corrected chi connectivity index (χ0v) is 15.1. The second kappa shape index (κ2) is 7.43. The van der Waals surface area contributed by atoms with Gasteiger partial charge in [0.1, 0.15) is 12.0 Å². The highest BCUT2D eigenvalue weighted by Gasteiger charge is 2.46. The van der Waals surface area contributed by atoms with E-state index in [1.54, 1.807) is 11.8 Å². The summed E-state index contributed by atoms with van der Waals surface area (Å²) in [5.41, 5.74) is 0.0489. The van der Waals surface area contributed by atoms with Crippen molar-refractivity contribution in [1.82, 2.24) is 5.32 Å². The van der Waals surface area contributed by atoms with E-state index in [4.69, 9.17) is 14.5 Å². The quantitative estimate of drug-likeness (QED) is 0.801. The van der Waals surface area contributed by atoms with Gasteiger partial charge in [-0.3, -0.25) is 9.79 Å². The molecule has 0 aromatic rings. The molecule has 2 fully saturated rings. The smallest absolute Gasteiger partial charge is 0.302 e. The maximum absolute atomic E-state index is 11.1. The van der Waals surface area contributed by atoms with E-state index in [1.165, 1.54) is 39.0 Å². The largest absolute Gasteiger partial charge is 0.463 e. The number of aliphatic imine (C=N–C) groups is 1. The van der Waals surface area contributed by atoms with E-state index in [2.05, 4.69) is 19.2 Å². The van der Waals surface area contributed by atoms with Crippen molar-refractivity contribution < 1.29 is 14.3 Å². The predicted octanol–water partition coefficient (Wildman–Crippen LogP) is 2.94. The lowest BCUT2D eigenvalue weighted by Gasteiger charge is -2.40. The molecule has 5 atom stereocenters. The molecule has 1 aliphatic carbocycles. The third kappa shape index (κ3) is 4.02. The number of nitrogens with zero attached hydrogens (tertiary/aromatic N) is 1. The number of carbonyl (C=O) groups excluding carboxylic acids is 1. The Hall–Kier alpha value is -0.750. The van der Waals surface area contributed by atoms with Crippen molar-refractivity contribution in [3.63, 3.8) is 0 Å². The molecule has 6 heteroatoms. The summed E-state index contributed by atoms with van der Waals surface area (Å²) in [5, 5.41) is 4.66. The molecule has 0 amide bonds. The van der Waals surface area contributed by atoms with Crippen molar-refractivity contribution in [2.24, 2.45) is 16.8 Å². The molecule has 0 bridgehead atoms. The van der Waals surface area contributed by atoms with E-state index in [-0.39, 0.29) is 23.6 Å². The second-order valence-electron chi connectivity index (χ2n) is 7.09. The minimum Gasteiger partial charge on any atom is -0.463 e. The van der Waals surface area contributed by atoms with Crippen LogP contribution in [-0.2, 0) is 14.3 Å². The van der Waals surface area contributed by atoms with E-state index in [0.29, 0.717) is 24.5 Å². The van der Waals surface area contributed by atoms with Crippen LogP contribution in [-0.4, -0.2) is 41.4 Å². The third-order valence-corrected chi connectivity index (χ3v) is 6.49. The number of fused-ring (bicyclic) bond motifs is 1. The summed E-state index contributed by atoms with van der Waals surface area (Å²) in [7, 11) is 0. The van der Waals surface area contributed by atoms with Crippen LogP contribution in [0.1, 0.15) is 52.9 Å². The standard InChI is InChI=1S/C17H28N2O3S/c1-10-11(2)15-16(22-14(10)9-21-12(3)20)23-17(19-15)18-13-7-5-4-6-8-13/h10-11,13-16H,4-9H2,1-3H3,(H,18,19)/t10-,11-,14+,15+,16+/m0/s1. The van der Waals surface area contributed by atoms with Crippen molar-refractivity contribution in [2.45, 2.75) is 76.5 Å². The Kier molecular flexibility index (Phi) is 5.52. The summed E-state index contributed by atoms with van der Waals surface area (Å²) in [6.45, 7) is 6.19. The first-order valence-corrected chi connectivity index (χ1v) is 9.72. The molecule has 3 aliphatic rings. The van der Waals surface area contributed by atoms with Gasteiger partial charge in [-0.25, -0.2) is 0 Å². The number of esters is 1. The number of nitrogens with one attached hydrogen (secondary N) is 1. The van der Waals surface area contributed by atoms with Gasteiger partial charge in [-0.15, -0.1) is 0 Å². The van der Waals surface area contributed by atoms with Crippen LogP contribution < -0.4 is 5.32 Å². The predicted molar refractivity (Wildman–Crippen MR) is 92.4 cm³/mol. The van der Waals surface area contributed by atoms with Gasteiger partial charge in [-0.2, -0.15) is 0 Å². The van der Waals surface area contributed by atoms with Crippen molar-refractivity contribution in [3.8, 4) is 0 Å². The van der Waals surface area contributed by atoms with Crippen LogP contribution in [0.4, 0.5) is 0 Å². The molecule has 0 unspecified atom stereocenters. The molecule has 23 heavy (non-hydrogen) atoms. The van der Waals surface area contributed by atoms with E-state index < -0.39 is 0 Å². The highest BCUT2D eigenvalue weighted by atomic mass is 32.2. The Bertz CT molecular complexity index is 465. The SMILES string of the molecule is CC(=O)OC[C@H]1O[C@@H]2SC(NC3CCCCC3)=N[C@@H]2[C@@H](C)[C@@H]1C. The number of amidine groups is 1. The zero-order valence-electron chi connectivity index (χ0n) is 14.3. The fourth-order valence-electron chi connectivity index (χ4n) is 3.71. The third-order valence-electron chi connectivity index (χ3n) is 5.42. The summed E-state index contributed by atoms with van der Waals surface area (Å²) in [6, 6.07) is 0.773. The van der Waals surface area contributed by atoms with Gasteiger partial charge in [0.05, 0.1) is 12.1 Å². The number of ether oxygens (including phenoxy) is 2. The number of hydrogen-bond donors (Lipinski definition) is 1. The summed E-state index contributed by atoms with van der Waals surface area (Å²) in [5.74, 6) is 0.506. The van der Waals surface area contributed by atoms with Gasteiger partial charge in [0, 0.05) is 13.0 Å². The molecule has 0 spiro atoms. The Balaban J connectivity index is 1.58. The van der Waals surface area contributed by atoms with Gasteiger partial charge in [-0.05, 0) is 24.7 Å². The van der Waals surface area contributed by atoms with Gasteiger partial charge >= 0.3 is 5.97 Å². The van der Waals surface area contributed by atoms with E-state index in [1.807, 2.05) is 0 Å². The van der Waals surface area contributed by atoms with E-state index >= 15 is 0 Å². The molecule has 2 heterocycles. The lowest BCUT2D eigenvalue weighted by Crippen LogP contribution is -2.47. The molecule has 0 radical (unpaired) electrons. The first-order chi connectivity index (χ1) is 11.0. The van der Waals surface area contributed by atoms with E-state index in [9.17, 15) is 4.79 Å². The number of rotatable bonds is 3. The maximum Gasteiger partial charge on any atom is 0.302 e. The zero-order chi connectivity index (χ0) is 16.4. The highest BCUT2D eigenvalue weighted by molar-refractivity contribution is 8.14. The minimum absolute atomic E-state index is 0.0353. The normalized spacial score (nSPS) is 37.9. The van der Waals surface area contributed by atoms with Crippen molar-refractivity contribution in [2.75, 3.05) is 6.61 Å². The molecule has 0 aromatic carbocycles. The molecule has 1 saturated heterocycles.